The van der Waals surface area contributed by atoms with E-state index in [2.05, 4.69) is 4.98 Å². The first kappa shape index (κ1) is 6.39. The lowest BCUT2D eigenvalue weighted by Crippen LogP contribution is -2.20. The van der Waals surface area contributed by atoms with E-state index < -0.39 is 6.03 Å². The molecule has 4 nitrogen and oxygen atoms in total. The van der Waals surface area contributed by atoms with Crippen molar-refractivity contribution >= 4 is 6.03 Å². The first-order valence-electron chi connectivity index (χ1n) is 3.62. The maximum Gasteiger partial charge on any atom is 0.324 e. The van der Waals surface area contributed by atoms with Gasteiger partial charge < -0.3 is 5.73 Å². The van der Waals surface area contributed by atoms with E-state index in [-0.39, 0.29) is 0 Å². The van der Waals surface area contributed by atoms with Crippen molar-refractivity contribution in [2.24, 2.45) is 5.73 Å². The lowest BCUT2D eigenvalue weighted by molar-refractivity contribution is 0.249. The zero-order valence-electron chi connectivity index (χ0n) is 6.03. The van der Waals surface area contributed by atoms with Crippen LogP contribution >= 0.6 is 0 Å². The number of primary amides is 1. The number of rotatable bonds is 1. The van der Waals surface area contributed by atoms with Crippen molar-refractivity contribution in [2.75, 3.05) is 0 Å². The fourth-order valence-electron chi connectivity index (χ4n) is 1.14. The molecule has 1 heterocycles. The fraction of sp³-hybridized carbons (Fsp3) is 0.429. The molecule has 2 N–H and O–H groups in total. The summed E-state index contributed by atoms with van der Waals surface area (Å²) in [6.45, 7) is 0. The van der Waals surface area contributed by atoms with Gasteiger partial charge in [0.05, 0.1) is 0 Å². The van der Waals surface area contributed by atoms with Crippen molar-refractivity contribution in [2.45, 2.75) is 18.8 Å². The van der Waals surface area contributed by atoms with Gasteiger partial charge in [-0.15, -0.1) is 0 Å². The van der Waals surface area contributed by atoms with E-state index in [4.69, 9.17) is 5.73 Å². The number of hydrogen-bond acceptors (Lipinski definition) is 2. The van der Waals surface area contributed by atoms with Crippen LogP contribution in [0.3, 0.4) is 0 Å². The Bertz CT molecular complexity index is 288. The summed E-state index contributed by atoms with van der Waals surface area (Å²) in [5, 5.41) is 0. The van der Waals surface area contributed by atoms with E-state index in [0.29, 0.717) is 5.92 Å². The van der Waals surface area contributed by atoms with E-state index in [1.54, 1.807) is 12.4 Å². The molecule has 0 unspecified atom stereocenters. The number of nitrogens with zero attached hydrogens (tertiary/aromatic N) is 2. The molecule has 1 amide bonds. The second-order valence-corrected chi connectivity index (χ2v) is 2.77. The summed E-state index contributed by atoms with van der Waals surface area (Å²) >= 11 is 0. The van der Waals surface area contributed by atoms with Crippen LogP contribution in [0, 0.1) is 0 Å². The minimum atomic E-state index is -0.440. The first-order chi connectivity index (χ1) is 5.29. The van der Waals surface area contributed by atoms with Crippen molar-refractivity contribution in [1.82, 2.24) is 9.55 Å². The van der Waals surface area contributed by atoms with Crippen molar-refractivity contribution in [3.63, 3.8) is 0 Å². The summed E-state index contributed by atoms with van der Waals surface area (Å²) in [6.07, 6.45) is 5.48. The van der Waals surface area contributed by atoms with Crippen LogP contribution in [-0.2, 0) is 0 Å². The van der Waals surface area contributed by atoms with Crippen LogP contribution in [0.2, 0.25) is 0 Å². The SMILES string of the molecule is NC(=O)n1ccnc1C1CC1. The van der Waals surface area contributed by atoms with E-state index >= 15 is 0 Å². The van der Waals surface area contributed by atoms with Gasteiger partial charge in [0.25, 0.3) is 0 Å². The van der Waals surface area contributed by atoms with Crippen LogP contribution < -0.4 is 5.73 Å². The average Bonchev–Trinajstić information content (AvgIpc) is 2.68. The van der Waals surface area contributed by atoms with Gasteiger partial charge in [-0.2, -0.15) is 0 Å². The Morgan fingerprint density at radius 3 is 3.00 bits per heavy atom. The van der Waals surface area contributed by atoms with Crippen molar-refractivity contribution in [3.05, 3.63) is 18.2 Å². The highest BCUT2D eigenvalue weighted by molar-refractivity contribution is 5.75. The van der Waals surface area contributed by atoms with Crippen LogP contribution in [0.4, 0.5) is 4.79 Å². The highest BCUT2D eigenvalue weighted by Crippen LogP contribution is 2.38. The standard InChI is InChI=1S/C7H9N3O/c8-7(11)10-4-3-9-6(10)5-1-2-5/h3-5H,1-2H2,(H2,8,11). The third kappa shape index (κ3) is 1.00. The lowest BCUT2D eigenvalue weighted by atomic mass is 10.4. The summed E-state index contributed by atoms with van der Waals surface area (Å²) in [6, 6.07) is -0.440. The Morgan fingerprint density at radius 1 is 1.73 bits per heavy atom. The summed E-state index contributed by atoms with van der Waals surface area (Å²) in [7, 11) is 0. The van der Waals surface area contributed by atoms with Crippen molar-refractivity contribution in [3.8, 4) is 0 Å². The minimum absolute atomic E-state index is 0.440. The van der Waals surface area contributed by atoms with Crippen LogP contribution in [0.5, 0.6) is 0 Å². The van der Waals surface area contributed by atoms with Crippen LogP contribution in [0.25, 0.3) is 0 Å². The Morgan fingerprint density at radius 2 is 2.45 bits per heavy atom. The normalized spacial score (nSPS) is 16.7. The molecule has 58 valence electrons. The van der Waals surface area contributed by atoms with E-state index in [1.165, 1.54) is 4.57 Å². The molecule has 1 aliphatic carbocycles. The molecular weight excluding hydrogens is 142 g/mol. The van der Waals surface area contributed by atoms with Gasteiger partial charge in [-0.3, -0.25) is 4.57 Å². The van der Waals surface area contributed by atoms with Gasteiger partial charge in [0.2, 0.25) is 0 Å². The second kappa shape index (κ2) is 2.08. The van der Waals surface area contributed by atoms with Crippen LogP contribution in [0.1, 0.15) is 24.6 Å². The van der Waals surface area contributed by atoms with Gasteiger partial charge in [0.1, 0.15) is 5.82 Å². The number of carbonyl (C=O) groups excluding carboxylic acids is 1. The predicted octanol–water partition coefficient (Wildman–Crippen LogP) is 0.687. The largest absolute Gasteiger partial charge is 0.351 e. The second-order valence-electron chi connectivity index (χ2n) is 2.77. The number of nitrogens with two attached hydrogens (primary N) is 1. The minimum Gasteiger partial charge on any atom is -0.351 e. The first-order valence-corrected chi connectivity index (χ1v) is 3.62. The molecule has 0 aromatic carbocycles. The van der Waals surface area contributed by atoms with E-state index in [9.17, 15) is 4.79 Å². The lowest BCUT2D eigenvalue weighted by Gasteiger charge is -1.98. The molecule has 1 aromatic heterocycles. The maximum atomic E-state index is 10.8. The van der Waals surface area contributed by atoms with Gasteiger partial charge >= 0.3 is 6.03 Å². The molecule has 0 spiro atoms. The Hall–Kier alpha value is -1.32. The molecule has 4 heteroatoms. The van der Waals surface area contributed by atoms with E-state index in [1.807, 2.05) is 0 Å². The number of aromatic nitrogens is 2. The molecule has 1 aromatic rings. The van der Waals surface area contributed by atoms with Crippen molar-refractivity contribution < 1.29 is 4.79 Å². The zero-order valence-corrected chi connectivity index (χ0v) is 6.03. The number of imidazole rings is 1. The average molecular weight is 151 g/mol. The Balaban J connectivity index is 2.37. The molecule has 0 radical (unpaired) electrons. The number of carbonyl (C=O) groups is 1. The fourth-order valence-corrected chi connectivity index (χ4v) is 1.14. The summed E-state index contributed by atoms with van der Waals surface area (Å²) < 4.78 is 1.41. The van der Waals surface area contributed by atoms with Gasteiger partial charge in [0, 0.05) is 18.3 Å². The van der Waals surface area contributed by atoms with Crippen LogP contribution in [0.15, 0.2) is 12.4 Å². The molecule has 0 bridgehead atoms. The van der Waals surface area contributed by atoms with Crippen molar-refractivity contribution in [1.29, 1.82) is 0 Å². The molecule has 0 saturated heterocycles. The zero-order chi connectivity index (χ0) is 7.84. The Kier molecular flexibility index (Phi) is 1.21. The highest BCUT2D eigenvalue weighted by atomic mass is 16.2. The topological polar surface area (TPSA) is 60.9 Å². The predicted molar refractivity (Wildman–Crippen MR) is 39.2 cm³/mol. The quantitative estimate of drug-likeness (QED) is 0.641. The molecule has 1 aliphatic rings. The van der Waals surface area contributed by atoms with E-state index in [0.717, 1.165) is 18.7 Å². The van der Waals surface area contributed by atoms with Gasteiger partial charge in [0.15, 0.2) is 0 Å². The number of hydrogen-bond donors (Lipinski definition) is 1. The summed E-state index contributed by atoms with van der Waals surface area (Å²) in [4.78, 5) is 14.8. The maximum absolute atomic E-state index is 10.8. The third-order valence-corrected chi connectivity index (χ3v) is 1.85. The summed E-state index contributed by atoms with van der Waals surface area (Å²) in [5.41, 5.74) is 5.11. The monoisotopic (exact) mass is 151 g/mol. The Labute approximate surface area is 64.0 Å². The molecular formula is C7H9N3O. The van der Waals surface area contributed by atoms with Gasteiger partial charge in [-0.1, -0.05) is 0 Å². The van der Waals surface area contributed by atoms with Gasteiger partial charge in [-0.05, 0) is 12.8 Å². The molecule has 1 fully saturated rings. The molecule has 1 saturated carbocycles. The van der Waals surface area contributed by atoms with Crippen LogP contribution in [-0.4, -0.2) is 15.6 Å². The molecule has 11 heavy (non-hydrogen) atoms. The smallest absolute Gasteiger partial charge is 0.324 e. The molecule has 2 rings (SSSR count). The van der Waals surface area contributed by atoms with Gasteiger partial charge in [-0.25, -0.2) is 9.78 Å². The number of amides is 1. The summed E-state index contributed by atoms with van der Waals surface area (Å²) in [5.74, 6) is 1.29. The molecule has 0 aliphatic heterocycles. The third-order valence-electron chi connectivity index (χ3n) is 1.85. The highest BCUT2D eigenvalue weighted by Gasteiger charge is 2.28. The molecule has 0 atom stereocenters.